The Morgan fingerprint density at radius 1 is 0.941 bits per heavy atom. The SMILES string of the molecule is Cc1ccccc1[C@@H]1COCCCN1[C@H]1CC12CCN(c1ccc(C(=O)NS(=O)(=O)c3ccc(NC[C@H]4COCCO4)c([N+](=O)[O-])c3)c(N3c4cc5cc[nH]c5nc4O[C@H]4COCC[C@@H]43)c1)CC2. The molecular weight excluding hydrogens is 893 g/mol. The number of anilines is 4. The molecule has 5 aromatic rings. The number of fused-ring (bicyclic) bond motifs is 3. The lowest BCUT2D eigenvalue weighted by atomic mass is 9.90. The number of aryl methyl sites for hydroxylation is 1. The third-order valence-corrected chi connectivity index (χ3v) is 16.1. The molecule has 1 saturated carbocycles. The normalized spacial score (nSPS) is 24.9. The number of rotatable bonds is 11. The van der Waals surface area contributed by atoms with Crippen molar-refractivity contribution in [2.24, 2.45) is 5.41 Å². The van der Waals surface area contributed by atoms with E-state index in [4.69, 9.17) is 28.7 Å². The molecule has 5 atom stereocenters. The number of aromatic nitrogens is 2. The number of nitro groups is 1. The van der Waals surface area contributed by atoms with Crippen molar-refractivity contribution in [2.75, 3.05) is 87.5 Å². The van der Waals surface area contributed by atoms with Crippen LogP contribution >= 0.6 is 0 Å². The van der Waals surface area contributed by atoms with Gasteiger partial charge in [0.1, 0.15) is 23.1 Å². The van der Waals surface area contributed by atoms with Crippen molar-refractivity contribution in [3.8, 4) is 5.88 Å². The number of carbonyl (C=O) groups excluding carboxylic acids is 1. The van der Waals surface area contributed by atoms with Crippen LogP contribution in [0.15, 0.2) is 83.9 Å². The monoisotopic (exact) mass is 948 g/mol. The minimum Gasteiger partial charge on any atom is -0.468 e. The summed E-state index contributed by atoms with van der Waals surface area (Å²) in [5.74, 6) is -0.525. The lowest BCUT2D eigenvalue weighted by molar-refractivity contribution is -0.384. The third-order valence-electron chi connectivity index (χ3n) is 14.8. The fourth-order valence-corrected chi connectivity index (χ4v) is 12.1. The number of carbonyl (C=O) groups is 1. The zero-order chi connectivity index (χ0) is 46.6. The molecule has 18 nitrogen and oxygen atoms in total. The highest BCUT2D eigenvalue weighted by atomic mass is 32.2. The molecule has 358 valence electrons. The van der Waals surface area contributed by atoms with Crippen LogP contribution in [0.3, 0.4) is 0 Å². The number of nitrogens with one attached hydrogen (secondary N) is 3. The zero-order valence-electron chi connectivity index (χ0n) is 37.9. The lowest BCUT2D eigenvalue weighted by Gasteiger charge is -2.45. The van der Waals surface area contributed by atoms with E-state index in [1.807, 2.05) is 24.3 Å². The second kappa shape index (κ2) is 18.2. The van der Waals surface area contributed by atoms with Crippen molar-refractivity contribution in [3.05, 3.63) is 106 Å². The molecule has 1 amide bonds. The van der Waals surface area contributed by atoms with Crippen LogP contribution in [0.2, 0.25) is 0 Å². The summed E-state index contributed by atoms with van der Waals surface area (Å²) in [7, 11) is -4.62. The number of sulfonamides is 1. The molecule has 11 rings (SSSR count). The van der Waals surface area contributed by atoms with Crippen molar-refractivity contribution >= 4 is 55.4 Å². The summed E-state index contributed by atoms with van der Waals surface area (Å²) in [4.78, 5) is 41.0. The first-order chi connectivity index (χ1) is 33.0. The quantitative estimate of drug-likeness (QED) is 0.0992. The molecule has 3 aromatic carbocycles. The van der Waals surface area contributed by atoms with Crippen LogP contribution in [0.25, 0.3) is 11.0 Å². The van der Waals surface area contributed by atoms with Gasteiger partial charge in [-0.1, -0.05) is 24.3 Å². The van der Waals surface area contributed by atoms with Gasteiger partial charge in [-0.3, -0.25) is 19.8 Å². The van der Waals surface area contributed by atoms with E-state index in [-0.39, 0.29) is 41.4 Å². The Bertz CT molecular complexity index is 2830. The van der Waals surface area contributed by atoms with Gasteiger partial charge in [0, 0.05) is 68.8 Å². The molecule has 0 radical (unpaired) electrons. The highest BCUT2D eigenvalue weighted by Crippen LogP contribution is 2.59. The number of hydrogen-bond acceptors (Lipinski definition) is 15. The van der Waals surface area contributed by atoms with Crippen molar-refractivity contribution < 1.29 is 41.8 Å². The highest BCUT2D eigenvalue weighted by molar-refractivity contribution is 7.90. The van der Waals surface area contributed by atoms with Gasteiger partial charge >= 0.3 is 0 Å². The lowest BCUT2D eigenvalue weighted by Crippen LogP contribution is -2.53. The Hall–Kier alpha value is -5.83. The fourth-order valence-electron chi connectivity index (χ4n) is 11.1. The Labute approximate surface area is 394 Å². The molecule has 0 unspecified atom stereocenters. The average molecular weight is 949 g/mol. The number of benzene rings is 3. The van der Waals surface area contributed by atoms with E-state index in [0.717, 1.165) is 69.1 Å². The topological polar surface area (TPSA) is 203 Å². The van der Waals surface area contributed by atoms with Crippen LogP contribution in [0.4, 0.5) is 28.4 Å². The molecule has 68 heavy (non-hydrogen) atoms. The summed E-state index contributed by atoms with van der Waals surface area (Å²) in [5.41, 5.74) is 5.25. The van der Waals surface area contributed by atoms with Crippen LogP contribution in [0.5, 0.6) is 5.88 Å². The van der Waals surface area contributed by atoms with Crippen molar-refractivity contribution in [1.82, 2.24) is 19.6 Å². The van der Waals surface area contributed by atoms with Crippen molar-refractivity contribution in [1.29, 1.82) is 0 Å². The number of nitro benzene ring substituents is 1. The van der Waals surface area contributed by atoms with Crippen molar-refractivity contribution in [2.45, 2.75) is 74.3 Å². The Morgan fingerprint density at radius 3 is 2.60 bits per heavy atom. The van der Waals surface area contributed by atoms with Crippen LogP contribution in [-0.4, -0.2) is 131 Å². The summed E-state index contributed by atoms with van der Waals surface area (Å²) in [6.07, 6.45) is 5.78. The number of pyridine rings is 1. The molecule has 0 bridgehead atoms. The maximum Gasteiger partial charge on any atom is 0.293 e. The van der Waals surface area contributed by atoms with Crippen molar-refractivity contribution in [3.63, 3.8) is 0 Å². The van der Waals surface area contributed by atoms with E-state index in [9.17, 15) is 23.3 Å². The maximum absolute atomic E-state index is 14.7. The highest BCUT2D eigenvalue weighted by Gasteiger charge is 2.58. The summed E-state index contributed by atoms with van der Waals surface area (Å²) in [6, 6.07) is 22.0. The van der Waals surface area contributed by atoms with Crippen LogP contribution in [-0.2, 0) is 29.0 Å². The number of ether oxygens (including phenoxy) is 5. The van der Waals surface area contributed by atoms with Gasteiger partial charge in [-0.2, -0.15) is 4.98 Å². The third kappa shape index (κ3) is 8.53. The van der Waals surface area contributed by atoms with Crippen LogP contribution in [0, 0.1) is 22.5 Å². The minimum atomic E-state index is -4.62. The maximum atomic E-state index is 14.7. The number of H-pyrrole nitrogens is 1. The Kier molecular flexibility index (Phi) is 12.0. The molecule has 5 aliphatic heterocycles. The number of nitrogens with zero attached hydrogens (tertiary/aromatic N) is 5. The Morgan fingerprint density at radius 2 is 1.78 bits per heavy atom. The first kappa shape index (κ1) is 44.7. The summed E-state index contributed by atoms with van der Waals surface area (Å²) in [5, 5.41) is 16.1. The molecule has 1 aliphatic carbocycles. The summed E-state index contributed by atoms with van der Waals surface area (Å²) in [6.45, 7) is 8.44. The summed E-state index contributed by atoms with van der Waals surface area (Å²) >= 11 is 0. The van der Waals surface area contributed by atoms with E-state index in [1.165, 1.54) is 23.3 Å². The van der Waals surface area contributed by atoms with Gasteiger partial charge in [0.05, 0.1) is 72.3 Å². The second-order valence-electron chi connectivity index (χ2n) is 18.8. The molecule has 7 heterocycles. The predicted octanol–water partition coefficient (Wildman–Crippen LogP) is 6.24. The van der Waals surface area contributed by atoms with Gasteiger partial charge < -0.3 is 43.8 Å². The number of amides is 1. The first-order valence-electron chi connectivity index (χ1n) is 23.6. The fraction of sp³-hybridized carbons (Fsp3) is 0.469. The summed E-state index contributed by atoms with van der Waals surface area (Å²) < 4.78 is 60.1. The number of piperidine rings is 1. The van der Waals surface area contributed by atoms with Gasteiger partial charge in [-0.05, 0) is 98.0 Å². The number of aromatic amines is 1. The van der Waals surface area contributed by atoms with E-state index in [2.05, 4.69) is 60.9 Å². The van der Waals surface area contributed by atoms with E-state index in [1.54, 1.807) is 12.3 Å². The minimum absolute atomic E-state index is 0.105. The van der Waals surface area contributed by atoms with Crippen LogP contribution in [0.1, 0.15) is 59.6 Å². The molecule has 2 aromatic heterocycles. The second-order valence-corrected chi connectivity index (χ2v) is 20.5. The Balaban J connectivity index is 0.899. The molecular formula is C49H56N8O10S. The smallest absolute Gasteiger partial charge is 0.293 e. The molecule has 6 aliphatic rings. The molecule has 1 spiro atoms. The standard InChI is InChI=1S/C49H56N8O10S/c1-31-5-2-3-6-36(31)43-29-63-19-4-16-55(43)45-26-49(45)13-17-54(18-14-49)33-7-9-37(40(24-33)56-39-12-20-64-30-44(39)67-48-42(56)23-32-11-15-50-46(32)52-48)47(58)53-68(61,62)35-8-10-38(41(25-35)57(59)60)51-27-34-28-65-21-22-66-34/h2-3,5-11,15,23-25,34,39,43-45,51H,4,12-14,16-22,26-30H2,1H3,(H,50,52)(H,53,58)/t34-,39-,43-,44-,45-/m0/s1. The van der Waals surface area contributed by atoms with E-state index < -0.39 is 37.5 Å². The van der Waals surface area contributed by atoms with Crippen LogP contribution < -0.4 is 24.6 Å². The molecule has 5 fully saturated rings. The van der Waals surface area contributed by atoms with E-state index in [0.29, 0.717) is 75.0 Å². The van der Waals surface area contributed by atoms with E-state index >= 15 is 0 Å². The first-order valence-corrected chi connectivity index (χ1v) is 25.1. The van der Waals surface area contributed by atoms with Gasteiger partial charge in [-0.25, -0.2) is 13.1 Å². The zero-order valence-corrected chi connectivity index (χ0v) is 38.7. The molecule has 4 saturated heterocycles. The average Bonchev–Trinajstić information content (AvgIpc) is 3.93. The van der Waals surface area contributed by atoms with Gasteiger partial charge in [0.2, 0.25) is 5.88 Å². The number of hydrogen-bond donors (Lipinski definition) is 3. The van der Waals surface area contributed by atoms with Gasteiger partial charge in [0.15, 0.2) is 0 Å². The van der Waals surface area contributed by atoms with Gasteiger partial charge in [0.25, 0.3) is 21.6 Å². The largest absolute Gasteiger partial charge is 0.468 e. The predicted molar refractivity (Wildman–Crippen MR) is 253 cm³/mol. The molecule has 19 heteroatoms. The van der Waals surface area contributed by atoms with Gasteiger partial charge in [-0.15, -0.1) is 0 Å². The molecule has 3 N–H and O–H groups in total.